The Bertz CT molecular complexity index is 983. The van der Waals surface area contributed by atoms with Gasteiger partial charge in [0.2, 0.25) is 0 Å². The minimum Gasteiger partial charge on any atom is -0.467 e. The van der Waals surface area contributed by atoms with E-state index < -0.39 is 6.04 Å². The molecule has 0 spiro atoms. The maximum atomic E-state index is 12.9. The van der Waals surface area contributed by atoms with Gasteiger partial charge in [-0.05, 0) is 49.1 Å². The second kappa shape index (κ2) is 8.69. The van der Waals surface area contributed by atoms with E-state index in [2.05, 4.69) is 9.97 Å². The van der Waals surface area contributed by atoms with Crippen molar-refractivity contribution in [2.45, 2.75) is 36.2 Å². The highest BCUT2D eigenvalue weighted by atomic mass is 32.2. The Balaban J connectivity index is 1.41. The highest BCUT2D eigenvalue weighted by Gasteiger charge is 2.33. The molecule has 29 heavy (non-hydrogen) atoms. The van der Waals surface area contributed by atoms with E-state index in [4.69, 9.17) is 4.74 Å². The molecule has 7 heteroatoms. The molecule has 0 radical (unpaired) electrons. The maximum absolute atomic E-state index is 12.9. The predicted octanol–water partition coefficient (Wildman–Crippen LogP) is 4.02. The summed E-state index contributed by atoms with van der Waals surface area (Å²) < 4.78 is 4.88. The van der Waals surface area contributed by atoms with Gasteiger partial charge in [-0.25, -0.2) is 9.78 Å². The summed E-state index contributed by atoms with van der Waals surface area (Å²) in [6.07, 6.45) is 2.50. The number of H-pyrrole nitrogens is 1. The molecule has 1 saturated heterocycles. The number of fused-ring (bicyclic) bond motifs is 1. The molecule has 1 amide bonds. The SMILES string of the molecule is COC(=O)C1CCCCN1C(=O)c1ccc(CSc2nc3ccccc3[nH]2)cc1. The number of aromatic amines is 1. The Hall–Kier alpha value is -2.80. The zero-order valence-corrected chi connectivity index (χ0v) is 17.1. The zero-order chi connectivity index (χ0) is 20.2. The Kier molecular flexibility index (Phi) is 5.85. The monoisotopic (exact) mass is 409 g/mol. The molecule has 1 aromatic heterocycles. The minimum atomic E-state index is -0.482. The van der Waals surface area contributed by atoms with E-state index in [0.717, 1.165) is 40.3 Å². The van der Waals surface area contributed by atoms with Gasteiger partial charge < -0.3 is 14.6 Å². The number of piperidine rings is 1. The largest absolute Gasteiger partial charge is 0.467 e. The third kappa shape index (κ3) is 4.29. The fourth-order valence-electron chi connectivity index (χ4n) is 3.61. The van der Waals surface area contributed by atoms with Crippen LogP contribution in [-0.2, 0) is 15.3 Å². The number of methoxy groups -OCH3 is 1. The first kappa shape index (κ1) is 19.5. The van der Waals surface area contributed by atoms with Gasteiger partial charge in [0.25, 0.3) is 5.91 Å². The molecule has 6 nitrogen and oxygen atoms in total. The summed E-state index contributed by atoms with van der Waals surface area (Å²) in [5.41, 5.74) is 3.68. The number of benzene rings is 2. The van der Waals surface area contributed by atoms with Gasteiger partial charge in [0.15, 0.2) is 5.16 Å². The summed E-state index contributed by atoms with van der Waals surface area (Å²) in [4.78, 5) is 34.5. The van der Waals surface area contributed by atoms with Crippen LogP contribution in [0.3, 0.4) is 0 Å². The standard InChI is InChI=1S/C22H23N3O3S/c1-28-21(27)19-8-4-5-13-25(19)20(26)16-11-9-15(10-12-16)14-29-22-23-17-6-2-3-7-18(17)24-22/h2-3,6-7,9-12,19H,4-5,8,13-14H2,1H3,(H,23,24). The number of hydrogen-bond acceptors (Lipinski definition) is 5. The number of nitrogens with zero attached hydrogens (tertiary/aromatic N) is 2. The lowest BCUT2D eigenvalue weighted by atomic mass is 10.0. The van der Waals surface area contributed by atoms with Gasteiger partial charge >= 0.3 is 5.97 Å². The van der Waals surface area contributed by atoms with Crippen molar-refractivity contribution in [1.82, 2.24) is 14.9 Å². The lowest BCUT2D eigenvalue weighted by Gasteiger charge is -2.33. The van der Waals surface area contributed by atoms with Gasteiger partial charge in [0.1, 0.15) is 6.04 Å². The average Bonchev–Trinajstić information content (AvgIpc) is 3.20. The van der Waals surface area contributed by atoms with Crippen LogP contribution in [0.4, 0.5) is 0 Å². The van der Waals surface area contributed by atoms with Crippen molar-refractivity contribution in [2.75, 3.05) is 13.7 Å². The Morgan fingerprint density at radius 3 is 2.72 bits per heavy atom. The van der Waals surface area contributed by atoms with Gasteiger partial charge in [-0.3, -0.25) is 4.79 Å². The van der Waals surface area contributed by atoms with E-state index in [1.54, 1.807) is 16.7 Å². The highest BCUT2D eigenvalue weighted by molar-refractivity contribution is 7.98. The molecule has 0 aliphatic carbocycles. The van der Waals surface area contributed by atoms with Crippen molar-refractivity contribution < 1.29 is 14.3 Å². The van der Waals surface area contributed by atoms with Crippen LogP contribution in [-0.4, -0.2) is 46.4 Å². The second-order valence-electron chi connectivity index (χ2n) is 7.08. The van der Waals surface area contributed by atoms with Crippen molar-refractivity contribution in [2.24, 2.45) is 0 Å². The lowest BCUT2D eigenvalue weighted by Crippen LogP contribution is -2.48. The first-order valence-corrected chi connectivity index (χ1v) is 10.7. The third-order valence-electron chi connectivity index (χ3n) is 5.18. The van der Waals surface area contributed by atoms with Crippen LogP contribution in [0.2, 0.25) is 0 Å². The van der Waals surface area contributed by atoms with Crippen molar-refractivity contribution in [3.63, 3.8) is 0 Å². The summed E-state index contributed by atoms with van der Waals surface area (Å²) in [5, 5.41) is 0.876. The van der Waals surface area contributed by atoms with Crippen molar-refractivity contribution in [3.05, 3.63) is 59.7 Å². The molecule has 1 fully saturated rings. The summed E-state index contributed by atoms with van der Waals surface area (Å²) in [6, 6.07) is 15.1. The van der Waals surface area contributed by atoms with E-state index >= 15 is 0 Å². The second-order valence-corrected chi connectivity index (χ2v) is 8.04. The van der Waals surface area contributed by atoms with Crippen molar-refractivity contribution in [1.29, 1.82) is 0 Å². The van der Waals surface area contributed by atoms with Crippen LogP contribution >= 0.6 is 11.8 Å². The molecular weight excluding hydrogens is 386 g/mol. The Morgan fingerprint density at radius 2 is 1.97 bits per heavy atom. The van der Waals surface area contributed by atoms with E-state index in [1.165, 1.54) is 7.11 Å². The molecule has 0 bridgehead atoms. The number of rotatable bonds is 5. The Morgan fingerprint density at radius 1 is 1.17 bits per heavy atom. The molecule has 1 atom stereocenters. The molecule has 0 saturated carbocycles. The molecule has 1 aliphatic rings. The van der Waals surface area contributed by atoms with Crippen LogP contribution in [0.5, 0.6) is 0 Å². The van der Waals surface area contributed by atoms with Gasteiger partial charge in [-0.15, -0.1) is 0 Å². The molecule has 2 heterocycles. The Labute approximate surface area is 173 Å². The first-order chi connectivity index (χ1) is 14.2. The number of likely N-dealkylation sites (tertiary alicyclic amines) is 1. The molecule has 1 aliphatic heterocycles. The number of nitrogens with one attached hydrogen (secondary N) is 1. The quantitative estimate of drug-likeness (QED) is 0.509. The average molecular weight is 410 g/mol. The summed E-state index contributed by atoms with van der Waals surface area (Å²) >= 11 is 1.63. The van der Waals surface area contributed by atoms with Crippen LogP contribution in [0, 0.1) is 0 Å². The van der Waals surface area contributed by atoms with Gasteiger partial charge in [-0.2, -0.15) is 0 Å². The number of amides is 1. The zero-order valence-electron chi connectivity index (χ0n) is 16.3. The summed E-state index contributed by atoms with van der Waals surface area (Å²) in [6.45, 7) is 0.586. The highest BCUT2D eigenvalue weighted by Crippen LogP contribution is 2.24. The smallest absolute Gasteiger partial charge is 0.328 e. The number of carbonyl (C=O) groups excluding carboxylic acids is 2. The summed E-state index contributed by atoms with van der Waals surface area (Å²) in [5.74, 6) is 0.302. The topological polar surface area (TPSA) is 75.3 Å². The number of imidazole rings is 1. The first-order valence-electron chi connectivity index (χ1n) is 9.71. The predicted molar refractivity (Wildman–Crippen MR) is 113 cm³/mol. The summed E-state index contributed by atoms with van der Waals surface area (Å²) in [7, 11) is 1.37. The number of para-hydroxylation sites is 2. The molecule has 1 unspecified atom stereocenters. The van der Waals surface area contributed by atoms with Crippen LogP contribution < -0.4 is 0 Å². The fourth-order valence-corrected chi connectivity index (χ4v) is 4.46. The molecule has 3 aromatic rings. The number of aromatic nitrogens is 2. The molecule has 1 N–H and O–H groups in total. The normalized spacial score (nSPS) is 16.7. The van der Waals surface area contributed by atoms with E-state index in [9.17, 15) is 9.59 Å². The van der Waals surface area contributed by atoms with Crippen LogP contribution in [0.1, 0.15) is 35.2 Å². The van der Waals surface area contributed by atoms with Crippen molar-refractivity contribution in [3.8, 4) is 0 Å². The van der Waals surface area contributed by atoms with E-state index in [0.29, 0.717) is 18.5 Å². The van der Waals surface area contributed by atoms with Gasteiger partial charge in [0, 0.05) is 17.9 Å². The number of esters is 1. The molecule has 2 aromatic carbocycles. The number of hydrogen-bond donors (Lipinski definition) is 1. The molecule has 4 rings (SSSR count). The lowest BCUT2D eigenvalue weighted by molar-refractivity contribution is -0.147. The van der Waals surface area contributed by atoms with Gasteiger partial charge in [-0.1, -0.05) is 36.0 Å². The minimum absolute atomic E-state index is 0.114. The van der Waals surface area contributed by atoms with Gasteiger partial charge in [0.05, 0.1) is 18.1 Å². The van der Waals surface area contributed by atoms with Crippen LogP contribution in [0.25, 0.3) is 11.0 Å². The van der Waals surface area contributed by atoms with E-state index in [1.807, 2.05) is 48.5 Å². The van der Waals surface area contributed by atoms with Crippen LogP contribution in [0.15, 0.2) is 53.7 Å². The number of ether oxygens (including phenoxy) is 1. The molecular formula is C22H23N3O3S. The fraction of sp³-hybridized carbons (Fsp3) is 0.318. The maximum Gasteiger partial charge on any atom is 0.328 e. The number of carbonyl (C=O) groups is 2. The molecule has 150 valence electrons. The third-order valence-corrected chi connectivity index (χ3v) is 6.13. The van der Waals surface area contributed by atoms with Crippen molar-refractivity contribution >= 4 is 34.7 Å². The number of thioether (sulfide) groups is 1. The van der Waals surface area contributed by atoms with E-state index in [-0.39, 0.29) is 11.9 Å².